The molecule has 1 amide bonds. The van der Waals surface area contributed by atoms with Gasteiger partial charge in [-0.25, -0.2) is 0 Å². The van der Waals surface area contributed by atoms with Gasteiger partial charge in [0.25, 0.3) is 0 Å². The Balaban J connectivity index is 0.00000128. The topological polar surface area (TPSA) is 41.1 Å². The summed E-state index contributed by atoms with van der Waals surface area (Å²) < 4.78 is 0. The third-order valence-corrected chi connectivity index (χ3v) is 2.83. The van der Waals surface area contributed by atoms with E-state index >= 15 is 0 Å². The summed E-state index contributed by atoms with van der Waals surface area (Å²) in [5, 5.41) is 6.17. The van der Waals surface area contributed by atoms with E-state index in [1.165, 1.54) is 0 Å². The minimum Gasteiger partial charge on any atom is -0.326 e. The second-order valence-electron chi connectivity index (χ2n) is 3.99. The van der Waals surface area contributed by atoms with Crippen molar-refractivity contribution in [1.82, 2.24) is 5.32 Å². The molecule has 1 aromatic carbocycles. The summed E-state index contributed by atoms with van der Waals surface area (Å²) in [6.45, 7) is 3.76. The lowest BCUT2D eigenvalue weighted by molar-refractivity contribution is -0.119. The van der Waals surface area contributed by atoms with Crippen LogP contribution >= 0.6 is 12.4 Å². The van der Waals surface area contributed by atoms with E-state index in [0.717, 1.165) is 30.8 Å². The summed E-state index contributed by atoms with van der Waals surface area (Å²) in [5.74, 6) is 0.263. The lowest BCUT2D eigenvalue weighted by Crippen LogP contribution is -2.24. The van der Waals surface area contributed by atoms with Crippen molar-refractivity contribution in [2.45, 2.75) is 13.3 Å². The third kappa shape index (κ3) is 2.97. The number of hydrogen-bond donors (Lipinski definition) is 2. The maximum absolute atomic E-state index is 11.8. The van der Waals surface area contributed by atoms with Crippen LogP contribution in [0.2, 0.25) is 0 Å². The number of carbonyl (C=O) groups excluding carboxylic acids is 1. The Morgan fingerprint density at radius 3 is 2.81 bits per heavy atom. The summed E-state index contributed by atoms with van der Waals surface area (Å²) in [6, 6.07) is 7.86. The van der Waals surface area contributed by atoms with Crippen LogP contribution < -0.4 is 10.6 Å². The number of hydrogen-bond acceptors (Lipinski definition) is 2. The van der Waals surface area contributed by atoms with Crippen LogP contribution in [0, 0.1) is 12.8 Å². The van der Waals surface area contributed by atoms with E-state index in [0.29, 0.717) is 0 Å². The van der Waals surface area contributed by atoms with Crippen molar-refractivity contribution in [3.8, 4) is 0 Å². The molecule has 16 heavy (non-hydrogen) atoms. The number of amides is 1. The predicted molar refractivity (Wildman–Crippen MR) is 68.0 cm³/mol. The molecule has 1 aliphatic rings. The minimum absolute atomic E-state index is 0. The Hall–Kier alpha value is -1.06. The molecule has 1 heterocycles. The molecule has 2 rings (SSSR count). The average Bonchev–Trinajstić information content (AvgIpc) is 2.74. The fourth-order valence-electron chi connectivity index (χ4n) is 1.83. The van der Waals surface area contributed by atoms with E-state index in [4.69, 9.17) is 0 Å². The van der Waals surface area contributed by atoms with Gasteiger partial charge in [0.2, 0.25) is 5.91 Å². The number of halogens is 1. The zero-order chi connectivity index (χ0) is 10.7. The van der Waals surface area contributed by atoms with Gasteiger partial charge in [-0.3, -0.25) is 4.79 Å². The summed E-state index contributed by atoms with van der Waals surface area (Å²) in [6.07, 6.45) is 0.942. The van der Waals surface area contributed by atoms with Crippen molar-refractivity contribution in [3.63, 3.8) is 0 Å². The monoisotopic (exact) mass is 240 g/mol. The van der Waals surface area contributed by atoms with Crippen molar-refractivity contribution < 1.29 is 4.79 Å². The molecule has 0 radical (unpaired) electrons. The van der Waals surface area contributed by atoms with Gasteiger partial charge >= 0.3 is 0 Å². The molecule has 2 N–H and O–H groups in total. The van der Waals surface area contributed by atoms with Crippen LogP contribution in [0.15, 0.2) is 24.3 Å². The fraction of sp³-hybridized carbons (Fsp3) is 0.417. The predicted octanol–water partition coefficient (Wildman–Crippen LogP) is 1.96. The highest BCUT2D eigenvalue weighted by atomic mass is 35.5. The van der Waals surface area contributed by atoms with Crippen LogP contribution in [0.5, 0.6) is 0 Å². The molecule has 4 heteroatoms. The number of anilines is 1. The lowest BCUT2D eigenvalue weighted by atomic mass is 10.1. The van der Waals surface area contributed by atoms with E-state index < -0.39 is 0 Å². The molecule has 0 spiro atoms. The van der Waals surface area contributed by atoms with E-state index in [2.05, 4.69) is 10.6 Å². The van der Waals surface area contributed by atoms with Crippen molar-refractivity contribution in [2.24, 2.45) is 5.92 Å². The Morgan fingerprint density at radius 2 is 2.19 bits per heavy atom. The molecule has 3 nitrogen and oxygen atoms in total. The molecule has 1 saturated heterocycles. The first-order valence-electron chi connectivity index (χ1n) is 5.34. The number of rotatable bonds is 2. The van der Waals surface area contributed by atoms with Gasteiger partial charge in [-0.2, -0.15) is 0 Å². The first-order valence-corrected chi connectivity index (χ1v) is 5.34. The maximum Gasteiger partial charge on any atom is 0.228 e. The zero-order valence-corrected chi connectivity index (χ0v) is 10.1. The van der Waals surface area contributed by atoms with Crippen LogP contribution in [0.4, 0.5) is 5.69 Å². The number of aryl methyl sites for hydroxylation is 1. The molecule has 1 aromatic rings. The molecular weight excluding hydrogens is 224 g/mol. The summed E-state index contributed by atoms with van der Waals surface area (Å²) >= 11 is 0. The van der Waals surface area contributed by atoms with Gasteiger partial charge in [-0.1, -0.05) is 18.2 Å². The molecule has 88 valence electrons. The van der Waals surface area contributed by atoms with Gasteiger partial charge < -0.3 is 10.6 Å². The lowest BCUT2D eigenvalue weighted by Gasteiger charge is -2.11. The zero-order valence-electron chi connectivity index (χ0n) is 9.32. The number of nitrogens with one attached hydrogen (secondary N) is 2. The molecule has 1 atom stereocenters. The Morgan fingerprint density at radius 1 is 1.44 bits per heavy atom. The van der Waals surface area contributed by atoms with Crippen LogP contribution in [-0.2, 0) is 4.79 Å². The van der Waals surface area contributed by atoms with Gasteiger partial charge in [0, 0.05) is 12.2 Å². The van der Waals surface area contributed by atoms with Gasteiger partial charge in [0.15, 0.2) is 0 Å². The van der Waals surface area contributed by atoms with Gasteiger partial charge in [-0.15, -0.1) is 12.4 Å². The second kappa shape index (κ2) is 5.87. The van der Waals surface area contributed by atoms with E-state index in [-0.39, 0.29) is 24.2 Å². The highest BCUT2D eigenvalue weighted by molar-refractivity contribution is 5.93. The van der Waals surface area contributed by atoms with E-state index in [9.17, 15) is 4.79 Å². The molecule has 0 bridgehead atoms. The highest BCUT2D eigenvalue weighted by Crippen LogP contribution is 2.16. The van der Waals surface area contributed by atoms with Crippen molar-refractivity contribution in [2.75, 3.05) is 18.4 Å². The molecular formula is C12H17ClN2O. The molecule has 0 saturated carbocycles. The van der Waals surface area contributed by atoms with Crippen LogP contribution in [0.1, 0.15) is 12.0 Å². The highest BCUT2D eigenvalue weighted by Gasteiger charge is 2.22. The number of benzene rings is 1. The first-order chi connectivity index (χ1) is 7.27. The standard InChI is InChI=1S/C12H16N2O.ClH/c1-9-4-2-3-5-11(9)14-12(15)10-6-7-13-8-10;/h2-5,10,13H,6-8H2,1H3,(H,14,15);1H/t10-;/m0./s1. The Kier molecular flexibility index (Phi) is 4.77. The summed E-state index contributed by atoms with van der Waals surface area (Å²) in [5.41, 5.74) is 2.03. The van der Waals surface area contributed by atoms with E-state index in [1.807, 2.05) is 31.2 Å². The molecule has 1 fully saturated rings. The van der Waals surface area contributed by atoms with Gasteiger partial charge in [0.1, 0.15) is 0 Å². The molecule has 1 aliphatic heterocycles. The molecule has 0 aliphatic carbocycles. The summed E-state index contributed by atoms with van der Waals surface area (Å²) in [7, 11) is 0. The Bertz CT molecular complexity index is 362. The van der Waals surface area contributed by atoms with Crippen molar-refractivity contribution in [1.29, 1.82) is 0 Å². The van der Waals surface area contributed by atoms with Crippen LogP contribution in [0.3, 0.4) is 0 Å². The summed E-state index contributed by atoms with van der Waals surface area (Å²) in [4.78, 5) is 11.8. The smallest absolute Gasteiger partial charge is 0.228 e. The molecule has 0 aromatic heterocycles. The minimum atomic E-state index is 0. The Labute approximate surface area is 102 Å². The van der Waals surface area contributed by atoms with Gasteiger partial charge in [-0.05, 0) is 31.5 Å². The molecule has 0 unspecified atom stereocenters. The van der Waals surface area contributed by atoms with Crippen molar-refractivity contribution in [3.05, 3.63) is 29.8 Å². The number of para-hydroxylation sites is 1. The normalized spacial score (nSPS) is 18.9. The van der Waals surface area contributed by atoms with E-state index in [1.54, 1.807) is 0 Å². The second-order valence-corrected chi connectivity index (χ2v) is 3.99. The number of carbonyl (C=O) groups is 1. The SMILES string of the molecule is Cc1ccccc1NC(=O)[C@H]1CCNC1.Cl. The average molecular weight is 241 g/mol. The third-order valence-electron chi connectivity index (χ3n) is 2.83. The van der Waals surface area contributed by atoms with Crippen molar-refractivity contribution >= 4 is 24.0 Å². The van der Waals surface area contributed by atoms with Crippen LogP contribution in [-0.4, -0.2) is 19.0 Å². The van der Waals surface area contributed by atoms with Gasteiger partial charge in [0.05, 0.1) is 5.92 Å². The largest absolute Gasteiger partial charge is 0.326 e. The maximum atomic E-state index is 11.8. The van der Waals surface area contributed by atoms with Crippen LogP contribution in [0.25, 0.3) is 0 Å². The quantitative estimate of drug-likeness (QED) is 0.830. The fourth-order valence-corrected chi connectivity index (χ4v) is 1.83. The first kappa shape index (κ1) is 13.0.